The van der Waals surface area contributed by atoms with Gasteiger partial charge in [0.15, 0.2) is 0 Å². The number of piperazine rings is 1. The highest BCUT2D eigenvalue weighted by Crippen LogP contribution is 2.30. The molecule has 1 aliphatic heterocycles. The molecule has 0 radical (unpaired) electrons. The fourth-order valence-corrected chi connectivity index (χ4v) is 4.46. The Labute approximate surface area is 172 Å². The molecule has 4 nitrogen and oxygen atoms in total. The third-order valence-corrected chi connectivity index (χ3v) is 6.07. The highest BCUT2D eigenvalue weighted by Gasteiger charge is 2.23. The van der Waals surface area contributed by atoms with Gasteiger partial charge in [-0.15, -0.1) is 11.3 Å². The van der Waals surface area contributed by atoms with Crippen molar-refractivity contribution in [2.24, 2.45) is 0 Å². The lowest BCUT2D eigenvalue weighted by Crippen LogP contribution is -2.49. The first-order chi connectivity index (χ1) is 13.6. The van der Waals surface area contributed by atoms with Crippen LogP contribution in [0, 0.1) is 5.82 Å². The maximum atomic E-state index is 13.9. The Balaban J connectivity index is 1.37. The van der Waals surface area contributed by atoms with Crippen LogP contribution < -0.4 is 4.90 Å². The standard InChI is InChI=1S/C21H19ClFN3OS/c22-17-6-2-1-5-16(17)21-24-15(14-28-21)13-20(27)26-11-9-25(10-12-26)19-8-4-3-7-18(19)23/h1-8,14H,9-13H2. The van der Waals surface area contributed by atoms with Gasteiger partial charge in [-0.2, -0.15) is 0 Å². The van der Waals surface area contributed by atoms with E-state index < -0.39 is 0 Å². The molecule has 28 heavy (non-hydrogen) atoms. The summed E-state index contributed by atoms with van der Waals surface area (Å²) in [5, 5.41) is 3.38. The van der Waals surface area contributed by atoms with E-state index in [1.54, 1.807) is 12.1 Å². The molecular formula is C21H19ClFN3OS. The number of halogens is 2. The van der Waals surface area contributed by atoms with Crippen molar-refractivity contribution >= 4 is 34.5 Å². The molecule has 7 heteroatoms. The van der Waals surface area contributed by atoms with Gasteiger partial charge in [-0.25, -0.2) is 9.37 Å². The second kappa shape index (κ2) is 8.29. The van der Waals surface area contributed by atoms with Crippen molar-refractivity contribution in [3.8, 4) is 10.6 Å². The Hall–Kier alpha value is -2.44. The van der Waals surface area contributed by atoms with E-state index in [0.29, 0.717) is 36.9 Å². The average Bonchev–Trinajstić information content (AvgIpc) is 3.17. The van der Waals surface area contributed by atoms with E-state index in [4.69, 9.17) is 11.6 Å². The largest absolute Gasteiger partial charge is 0.366 e. The molecule has 1 aliphatic rings. The Morgan fingerprint density at radius 1 is 1.07 bits per heavy atom. The molecule has 0 saturated carbocycles. The van der Waals surface area contributed by atoms with E-state index >= 15 is 0 Å². The number of anilines is 1. The Kier molecular flexibility index (Phi) is 5.59. The molecule has 0 N–H and O–H groups in total. The summed E-state index contributed by atoms with van der Waals surface area (Å²) in [6, 6.07) is 14.3. The minimum Gasteiger partial charge on any atom is -0.366 e. The van der Waals surface area contributed by atoms with Crippen LogP contribution in [0.25, 0.3) is 10.6 Å². The van der Waals surface area contributed by atoms with Gasteiger partial charge in [-0.1, -0.05) is 41.9 Å². The van der Waals surface area contributed by atoms with Crippen molar-refractivity contribution < 1.29 is 9.18 Å². The maximum Gasteiger partial charge on any atom is 0.228 e. The van der Waals surface area contributed by atoms with Crippen LogP contribution in [0.5, 0.6) is 0 Å². The molecule has 0 unspecified atom stereocenters. The minimum absolute atomic E-state index is 0.0455. The number of hydrogen-bond acceptors (Lipinski definition) is 4. The van der Waals surface area contributed by atoms with Gasteiger partial charge < -0.3 is 9.80 Å². The molecule has 0 atom stereocenters. The molecule has 1 amide bonds. The van der Waals surface area contributed by atoms with E-state index in [0.717, 1.165) is 16.3 Å². The predicted molar refractivity (Wildman–Crippen MR) is 111 cm³/mol. The second-order valence-electron chi connectivity index (χ2n) is 6.62. The van der Waals surface area contributed by atoms with Crippen molar-refractivity contribution in [2.75, 3.05) is 31.1 Å². The summed E-state index contributed by atoms with van der Waals surface area (Å²) in [5.41, 5.74) is 2.23. The minimum atomic E-state index is -0.225. The first-order valence-electron chi connectivity index (χ1n) is 9.08. The van der Waals surface area contributed by atoms with Gasteiger partial charge in [0.2, 0.25) is 5.91 Å². The first kappa shape index (κ1) is 18.9. The number of hydrogen-bond donors (Lipinski definition) is 0. The zero-order valence-electron chi connectivity index (χ0n) is 15.1. The van der Waals surface area contributed by atoms with Crippen molar-refractivity contribution in [3.05, 3.63) is 70.4 Å². The highest BCUT2D eigenvalue weighted by atomic mass is 35.5. The average molecular weight is 416 g/mol. The molecule has 0 bridgehead atoms. The van der Waals surface area contributed by atoms with Crippen LogP contribution in [0.1, 0.15) is 5.69 Å². The van der Waals surface area contributed by atoms with Gasteiger partial charge in [-0.3, -0.25) is 4.79 Å². The number of benzene rings is 2. The number of carbonyl (C=O) groups is 1. The zero-order chi connectivity index (χ0) is 19.5. The van der Waals surface area contributed by atoms with Gasteiger partial charge in [0.1, 0.15) is 10.8 Å². The summed E-state index contributed by atoms with van der Waals surface area (Å²) >= 11 is 7.72. The quantitative estimate of drug-likeness (QED) is 0.629. The van der Waals surface area contributed by atoms with Crippen LogP contribution >= 0.6 is 22.9 Å². The van der Waals surface area contributed by atoms with Gasteiger partial charge in [0, 0.05) is 37.1 Å². The van der Waals surface area contributed by atoms with Crippen LogP contribution in [0.3, 0.4) is 0 Å². The lowest BCUT2D eigenvalue weighted by molar-refractivity contribution is -0.130. The monoisotopic (exact) mass is 415 g/mol. The van der Waals surface area contributed by atoms with Gasteiger partial charge in [0.05, 0.1) is 22.8 Å². The molecule has 2 heterocycles. The molecule has 144 valence electrons. The van der Waals surface area contributed by atoms with Crippen LogP contribution in [0.4, 0.5) is 10.1 Å². The summed E-state index contributed by atoms with van der Waals surface area (Å²) in [4.78, 5) is 21.0. The lowest BCUT2D eigenvalue weighted by Gasteiger charge is -2.36. The van der Waals surface area contributed by atoms with E-state index in [2.05, 4.69) is 4.98 Å². The number of para-hydroxylation sites is 1. The fourth-order valence-electron chi connectivity index (χ4n) is 3.32. The van der Waals surface area contributed by atoms with Crippen LogP contribution in [-0.2, 0) is 11.2 Å². The second-order valence-corrected chi connectivity index (χ2v) is 7.89. The van der Waals surface area contributed by atoms with Crippen LogP contribution in [-0.4, -0.2) is 42.0 Å². The number of rotatable bonds is 4. The van der Waals surface area contributed by atoms with Gasteiger partial charge in [0.25, 0.3) is 0 Å². The third kappa shape index (κ3) is 4.03. The van der Waals surface area contributed by atoms with E-state index in [9.17, 15) is 9.18 Å². The van der Waals surface area contributed by atoms with Crippen LogP contribution in [0.2, 0.25) is 5.02 Å². The molecule has 0 aliphatic carbocycles. The molecule has 0 spiro atoms. The maximum absolute atomic E-state index is 13.9. The highest BCUT2D eigenvalue weighted by molar-refractivity contribution is 7.13. The number of nitrogens with zero attached hydrogens (tertiary/aromatic N) is 3. The van der Waals surface area contributed by atoms with E-state index in [1.807, 2.05) is 45.5 Å². The first-order valence-corrected chi connectivity index (χ1v) is 10.3. The Morgan fingerprint density at radius 3 is 2.54 bits per heavy atom. The number of carbonyl (C=O) groups excluding carboxylic acids is 1. The van der Waals surface area contributed by atoms with Gasteiger partial charge >= 0.3 is 0 Å². The Bertz CT molecular complexity index is 985. The summed E-state index contributed by atoms with van der Waals surface area (Å²) in [7, 11) is 0. The topological polar surface area (TPSA) is 36.4 Å². The predicted octanol–water partition coefficient (Wildman–Crippen LogP) is 4.49. The number of aromatic nitrogens is 1. The fraction of sp³-hybridized carbons (Fsp3) is 0.238. The van der Waals surface area contributed by atoms with Crippen molar-refractivity contribution in [2.45, 2.75) is 6.42 Å². The van der Waals surface area contributed by atoms with Gasteiger partial charge in [-0.05, 0) is 18.2 Å². The molecule has 1 aromatic heterocycles. The molecule has 4 rings (SSSR count). The lowest BCUT2D eigenvalue weighted by atomic mass is 10.2. The third-order valence-electron chi connectivity index (χ3n) is 4.81. The molecule has 2 aromatic carbocycles. The summed E-state index contributed by atoms with van der Waals surface area (Å²) in [6.45, 7) is 2.40. The van der Waals surface area contributed by atoms with Crippen molar-refractivity contribution in [1.82, 2.24) is 9.88 Å². The molecule has 1 saturated heterocycles. The smallest absolute Gasteiger partial charge is 0.228 e. The zero-order valence-corrected chi connectivity index (χ0v) is 16.7. The molecular weight excluding hydrogens is 397 g/mol. The number of amides is 1. The summed E-state index contributed by atoms with van der Waals surface area (Å²) < 4.78 is 13.9. The SMILES string of the molecule is O=C(Cc1csc(-c2ccccc2Cl)n1)N1CCN(c2ccccc2F)CC1. The normalized spacial score (nSPS) is 14.4. The summed E-state index contributed by atoms with van der Waals surface area (Å²) in [6.07, 6.45) is 0.265. The van der Waals surface area contributed by atoms with Crippen molar-refractivity contribution in [1.29, 1.82) is 0 Å². The van der Waals surface area contributed by atoms with Crippen molar-refractivity contribution in [3.63, 3.8) is 0 Å². The molecule has 3 aromatic rings. The molecule has 1 fully saturated rings. The number of thiazole rings is 1. The van der Waals surface area contributed by atoms with E-state index in [-0.39, 0.29) is 18.1 Å². The summed E-state index contributed by atoms with van der Waals surface area (Å²) in [5.74, 6) is -0.180. The van der Waals surface area contributed by atoms with E-state index in [1.165, 1.54) is 17.4 Å². The van der Waals surface area contributed by atoms with Crippen LogP contribution in [0.15, 0.2) is 53.9 Å². The Morgan fingerprint density at radius 2 is 1.79 bits per heavy atom.